The first-order valence-electron chi connectivity index (χ1n) is 8.19. The molecule has 0 amide bonds. The summed E-state index contributed by atoms with van der Waals surface area (Å²) >= 11 is 1.90. The molecule has 1 saturated heterocycles. The Morgan fingerprint density at radius 3 is 3.17 bits per heavy atom. The van der Waals surface area contributed by atoms with E-state index in [9.17, 15) is 0 Å². The zero-order valence-electron chi connectivity index (χ0n) is 13.7. The van der Waals surface area contributed by atoms with Gasteiger partial charge in [-0.15, -0.1) is 35.3 Å². The second-order valence-corrected chi connectivity index (χ2v) is 6.91. The number of hydrogen-bond donors (Lipinski definition) is 2. The van der Waals surface area contributed by atoms with Crippen LogP contribution in [0.1, 0.15) is 23.3 Å². The normalized spacial score (nSPS) is 21.6. The summed E-state index contributed by atoms with van der Waals surface area (Å²) in [6.45, 7) is 5.97. The molecule has 7 heteroatoms. The maximum Gasteiger partial charge on any atom is 0.191 e. The van der Waals surface area contributed by atoms with Crippen LogP contribution < -0.4 is 10.6 Å². The van der Waals surface area contributed by atoms with E-state index < -0.39 is 0 Å². The van der Waals surface area contributed by atoms with Gasteiger partial charge in [-0.25, -0.2) is 0 Å². The minimum Gasteiger partial charge on any atom is -0.376 e. The van der Waals surface area contributed by atoms with Crippen molar-refractivity contribution < 1.29 is 4.74 Å². The van der Waals surface area contributed by atoms with Gasteiger partial charge in [0.25, 0.3) is 0 Å². The molecule has 23 heavy (non-hydrogen) atoms. The van der Waals surface area contributed by atoms with Crippen molar-refractivity contribution in [2.24, 2.45) is 4.99 Å². The maximum absolute atomic E-state index is 5.62. The molecule has 0 aromatic carbocycles. The predicted molar refractivity (Wildman–Crippen MR) is 107 cm³/mol. The van der Waals surface area contributed by atoms with Crippen LogP contribution in [0, 0.1) is 0 Å². The number of ether oxygens (including phenoxy) is 1. The first kappa shape index (κ1) is 19.0. The third kappa shape index (κ3) is 5.58. The molecule has 1 aromatic rings. The number of thiophene rings is 1. The molecule has 5 nitrogen and oxygen atoms in total. The summed E-state index contributed by atoms with van der Waals surface area (Å²) in [7, 11) is 1.82. The number of hydrogen-bond acceptors (Lipinski definition) is 4. The number of rotatable bonds is 5. The van der Waals surface area contributed by atoms with Crippen LogP contribution >= 0.6 is 35.3 Å². The van der Waals surface area contributed by atoms with Crippen LogP contribution in [0.2, 0.25) is 0 Å². The van der Waals surface area contributed by atoms with Gasteiger partial charge < -0.3 is 15.4 Å². The van der Waals surface area contributed by atoms with Gasteiger partial charge in [-0.1, -0.05) is 0 Å². The van der Waals surface area contributed by atoms with Gasteiger partial charge in [0.2, 0.25) is 0 Å². The van der Waals surface area contributed by atoms with Gasteiger partial charge >= 0.3 is 0 Å². The van der Waals surface area contributed by atoms with E-state index in [0.29, 0.717) is 6.10 Å². The Morgan fingerprint density at radius 2 is 2.39 bits per heavy atom. The third-order valence-corrected chi connectivity index (χ3v) is 5.37. The maximum atomic E-state index is 5.62. The highest BCUT2D eigenvalue weighted by molar-refractivity contribution is 14.0. The largest absolute Gasteiger partial charge is 0.376 e. The van der Waals surface area contributed by atoms with Crippen molar-refractivity contribution in [1.82, 2.24) is 15.5 Å². The van der Waals surface area contributed by atoms with Gasteiger partial charge in [0, 0.05) is 51.3 Å². The monoisotopic (exact) mass is 450 g/mol. The van der Waals surface area contributed by atoms with Crippen molar-refractivity contribution in [2.45, 2.75) is 31.9 Å². The Labute approximate surface area is 159 Å². The van der Waals surface area contributed by atoms with Gasteiger partial charge in [0.05, 0.1) is 6.10 Å². The Bertz CT molecular complexity index is 502. The van der Waals surface area contributed by atoms with Crippen LogP contribution in [-0.4, -0.2) is 56.8 Å². The van der Waals surface area contributed by atoms with Crippen molar-refractivity contribution in [3.63, 3.8) is 0 Å². The topological polar surface area (TPSA) is 48.9 Å². The van der Waals surface area contributed by atoms with Crippen LogP contribution in [-0.2, 0) is 17.7 Å². The molecule has 2 aliphatic heterocycles. The quantitative estimate of drug-likeness (QED) is 0.410. The minimum atomic E-state index is 0. The lowest BCUT2D eigenvalue weighted by Crippen LogP contribution is -2.44. The average molecular weight is 450 g/mol. The Hall–Kier alpha value is -0.380. The van der Waals surface area contributed by atoms with Gasteiger partial charge in [-0.2, -0.15) is 0 Å². The lowest BCUT2D eigenvalue weighted by atomic mass is 10.1. The lowest BCUT2D eigenvalue weighted by molar-refractivity contribution is 0.113. The molecule has 0 spiro atoms. The van der Waals surface area contributed by atoms with E-state index in [0.717, 1.165) is 51.7 Å². The van der Waals surface area contributed by atoms with Gasteiger partial charge in [0.15, 0.2) is 5.96 Å². The van der Waals surface area contributed by atoms with Crippen LogP contribution in [0.4, 0.5) is 0 Å². The standard InChI is InChI=1S/C16H26N4OS.HI/c1-17-16(19-11-14-3-2-9-21-14)18-6-8-20-7-4-15-13(12-20)5-10-22-15;/h5,10,14H,2-4,6-9,11-12H2,1H3,(H2,17,18,19);1H. The van der Waals surface area contributed by atoms with Crippen molar-refractivity contribution in [3.8, 4) is 0 Å². The number of aliphatic imine (C=N–C) groups is 1. The Kier molecular flexibility index (Phi) is 8.08. The first-order chi connectivity index (χ1) is 10.8. The summed E-state index contributed by atoms with van der Waals surface area (Å²) in [5.41, 5.74) is 1.51. The van der Waals surface area contributed by atoms with Crippen molar-refractivity contribution in [3.05, 3.63) is 21.9 Å². The van der Waals surface area contributed by atoms with Gasteiger partial charge in [-0.3, -0.25) is 9.89 Å². The SMILES string of the molecule is CN=C(NCCN1CCc2sccc2C1)NCC1CCCO1.I. The Balaban J connectivity index is 0.00000192. The van der Waals surface area contributed by atoms with Crippen LogP contribution in [0.5, 0.6) is 0 Å². The number of guanidine groups is 1. The van der Waals surface area contributed by atoms with E-state index in [1.165, 1.54) is 18.4 Å². The van der Waals surface area contributed by atoms with Crippen LogP contribution in [0.25, 0.3) is 0 Å². The second-order valence-electron chi connectivity index (χ2n) is 5.91. The van der Waals surface area contributed by atoms with E-state index in [4.69, 9.17) is 4.74 Å². The van der Waals surface area contributed by atoms with E-state index in [2.05, 4.69) is 32.0 Å². The molecule has 2 N–H and O–H groups in total. The highest BCUT2D eigenvalue weighted by atomic mass is 127. The summed E-state index contributed by atoms with van der Waals surface area (Å²) in [5.74, 6) is 0.878. The van der Waals surface area contributed by atoms with E-state index in [-0.39, 0.29) is 24.0 Å². The molecule has 1 fully saturated rings. The molecular formula is C16H27IN4OS. The summed E-state index contributed by atoms with van der Waals surface area (Å²) in [6.07, 6.45) is 3.87. The summed E-state index contributed by atoms with van der Waals surface area (Å²) < 4.78 is 5.62. The second kappa shape index (κ2) is 9.80. The molecule has 1 atom stereocenters. The summed E-state index contributed by atoms with van der Waals surface area (Å²) in [5, 5.41) is 8.97. The highest BCUT2D eigenvalue weighted by Gasteiger charge is 2.17. The number of nitrogens with zero attached hydrogens (tertiary/aromatic N) is 2. The zero-order valence-corrected chi connectivity index (χ0v) is 16.9. The smallest absolute Gasteiger partial charge is 0.191 e. The van der Waals surface area contributed by atoms with E-state index >= 15 is 0 Å². The fraction of sp³-hybridized carbons (Fsp3) is 0.688. The molecular weight excluding hydrogens is 423 g/mol. The molecule has 130 valence electrons. The molecule has 0 aliphatic carbocycles. The predicted octanol–water partition coefficient (Wildman–Crippen LogP) is 2.07. The van der Waals surface area contributed by atoms with Crippen LogP contribution in [0.15, 0.2) is 16.4 Å². The highest BCUT2D eigenvalue weighted by Crippen LogP contribution is 2.23. The minimum absolute atomic E-state index is 0. The van der Waals surface area contributed by atoms with E-state index in [1.807, 2.05) is 18.4 Å². The molecule has 0 radical (unpaired) electrons. The molecule has 1 unspecified atom stereocenters. The summed E-state index contributed by atoms with van der Waals surface area (Å²) in [6, 6.07) is 2.27. The molecule has 0 bridgehead atoms. The van der Waals surface area contributed by atoms with Crippen molar-refractivity contribution in [1.29, 1.82) is 0 Å². The third-order valence-electron chi connectivity index (χ3n) is 4.35. The first-order valence-corrected chi connectivity index (χ1v) is 9.07. The average Bonchev–Trinajstić information content (AvgIpc) is 3.21. The van der Waals surface area contributed by atoms with Crippen molar-refractivity contribution in [2.75, 3.05) is 39.8 Å². The molecule has 1 aromatic heterocycles. The van der Waals surface area contributed by atoms with Crippen molar-refractivity contribution >= 4 is 41.3 Å². The number of nitrogens with one attached hydrogen (secondary N) is 2. The molecule has 3 heterocycles. The zero-order chi connectivity index (χ0) is 15.2. The molecule has 2 aliphatic rings. The van der Waals surface area contributed by atoms with Crippen LogP contribution in [0.3, 0.4) is 0 Å². The molecule has 3 rings (SSSR count). The van der Waals surface area contributed by atoms with E-state index in [1.54, 1.807) is 4.88 Å². The Morgan fingerprint density at radius 1 is 1.48 bits per heavy atom. The van der Waals surface area contributed by atoms with Gasteiger partial charge in [0.1, 0.15) is 0 Å². The summed E-state index contributed by atoms with van der Waals surface area (Å²) in [4.78, 5) is 8.36. The number of halogens is 1. The fourth-order valence-electron chi connectivity index (χ4n) is 3.07. The fourth-order valence-corrected chi connectivity index (χ4v) is 3.96. The molecule has 0 saturated carbocycles. The van der Waals surface area contributed by atoms with Gasteiger partial charge in [-0.05, 0) is 36.3 Å². The number of fused-ring (bicyclic) bond motifs is 1. The lowest BCUT2D eigenvalue weighted by Gasteiger charge is -2.27.